The Balaban J connectivity index is 1.67. The average Bonchev–Trinajstić information content (AvgIpc) is 2.93. The monoisotopic (exact) mass is 341 g/mol. The van der Waals surface area contributed by atoms with Gasteiger partial charge in [-0.3, -0.25) is 4.79 Å². The molecule has 0 unspecified atom stereocenters. The van der Waals surface area contributed by atoms with Gasteiger partial charge in [0.2, 0.25) is 5.91 Å². The molecule has 0 aliphatic rings. The molecular formula is C19H20FN3O2. The molecule has 1 heterocycles. The highest BCUT2D eigenvalue weighted by Gasteiger charge is 2.17. The fourth-order valence-electron chi connectivity index (χ4n) is 2.87. The second-order valence-corrected chi connectivity index (χ2v) is 6.35. The maximum atomic E-state index is 13.3. The van der Waals surface area contributed by atoms with Crippen LogP contribution in [0.1, 0.15) is 31.0 Å². The van der Waals surface area contributed by atoms with Gasteiger partial charge >= 0.3 is 5.69 Å². The van der Waals surface area contributed by atoms with Gasteiger partial charge in [-0.1, -0.05) is 25.1 Å². The Morgan fingerprint density at radius 3 is 2.64 bits per heavy atom. The highest BCUT2D eigenvalue weighted by atomic mass is 19.1. The predicted octanol–water partition coefficient (Wildman–Crippen LogP) is 3.05. The lowest BCUT2D eigenvalue weighted by molar-refractivity contribution is -0.125. The van der Waals surface area contributed by atoms with Crippen molar-refractivity contribution < 1.29 is 9.18 Å². The van der Waals surface area contributed by atoms with E-state index in [1.54, 1.807) is 12.1 Å². The van der Waals surface area contributed by atoms with Crippen LogP contribution in [0, 0.1) is 11.7 Å². The van der Waals surface area contributed by atoms with E-state index in [1.807, 2.05) is 32.0 Å². The van der Waals surface area contributed by atoms with E-state index in [1.165, 1.54) is 12.1 Å². The number of imidazole rings is 1. The number of aromatic nitrogens is 2. The molecule has 0 radical (unpaired) electrons. The van der Waals surface area contributed by atoms with Gasteiger partial charge in [0.15, 0.2) is 0 Å². The van der Waals surface area contributed by atoms with E-state index >= 15 is 0 Å². The molecule has 5 nitrogen and oxygen atoms in total. The number of H-pyrrole nitrogens is 2. The Bertz CT molecular complexity index is 960. The SMILES string of the molecule is C[C@H](Cc1cccc(F)c1)C(=O)N[C@@H](C)c1ccc2[nH]c(=O)[nH]c2c1. The first kappa shape index (κ1) is 17.0. The van der Waals surface area contributed by atoms with Crippen molar-refractivity contribution in [3.63, 3.8) is 0 Å². The minimum Gasteiger partial charge on any atom is -0.349 e. The molecule has 0 bridgehead atoms. The van der Waals surface area contributed by atoms with Crippen LogP contribution in [0.15, 0.2) is 47.3 Å². The summed E-state index contributed by atoms with van der Waals surface area (Å²) in [5.74, 6) is -0.674. The lowest BCUT2D eigenvalue weighted by Gasteiger charge is -2.18. The van der Waals surface area contributed by atoms with Crippen molar-refractivity contribution in [2.75, 3.05) is 0 Å². The van der Waals surface area contributed by atoms with Crippen molar-refractivity contribution in [3.8, 4) is 0 Å². The fraction of sp³-hybridized carbons (Fsp3) is 0.263. The Labute approximate surface area is 144 Å². The molecule has 3 aromatic rings. The number of nitrogens with one attached hydrogen (secondary N) is 3. The smallest absolute Gasteiger partial charge is 0.323 e. The number of benzene rings is 2. The van der Waals surface area contributed by atoms with E-state index in [0.717, 1.165) is 16.6 Å². The Kier molecular flexibility index (Phi) is 4.70. The van der Waals surface area contributed by atoms with Crippen LogP contribution in [0.4, 0.5) is 4.39 Å². The van der Waals surface area contributed by atoms with Gasteiger partial charge in [-0.05, 0) is 48.7 Å². The number of rotatable bonds is 5. The van der Waals surface area contributed by atoms with Crippen molar-refractivity contribution in [2.45, 2.75) is 26.3 Å². The van der Waals surface area contributed by atoms with E-state index < -0.39 is 0 Å². The zero-order valence-corrected chi connectivity index (χ0v) is 14.1. The van der Waals surface area contributed by atoms with Gasteiger partial charge in [-0.15, -0.1) is 0 Å². The van der Waals surface area contributed by atoms with Crippen LogP contribution in [0.5, 0.6) is 0 Å². The molecule has 6 heteroatoms. The van der Waals surface area contributed by atoms with Gasteiger partial charge < -0.3 is 15.3 Å². The van der Waals surface area contributed by atoms with Crippen LogP contribution >= 0.6 is 0 Å². The molecule has 0 aliphatic heterocycles. The van der Waals surface area contributed by atoms with Gasteiger partial charge in [-0.25, -0.2) is 9.18 Å². The third-order valence-electron chi connectivity index (χ3n) is 4.28. The summed E-state index contributed by atoms with van der Waals surface area (Å²) in [5, 5.41) is 2.97. The largest absolute Gasteiger partial charge is 0.349 e. The summed E-state index contributed by atoms with van der Waals surface area (Å²) >= 11 is 0. The fourth-order valence-corrected chi connectivity index (χ4v) is 2.87. The number of aromatic amines is 2. The number of carbonyl (C=O) groups excluding carboxylic acids is 1. The lowest BCUT2D eigenvalue weighted by Crippen LogP contribution is -2.32. The highest BCUT2D eigenvalue weighted by molar-refractivity contribution is 5.79. The Morgan fingerprint density at radius 1 is 1.12 bits per heavy atom. The molecular weight excluding hydrogens is 321 g/mol. The number of halogens is 1. The molecule has 3 rings (SSSR count). The molecule has 0 saturated heterocycles. The van der Waals surface area contributed by atoms with Crippen molar-refractivity contribution >= 4 is 16.9 Å². The van der Waals surface area contributed by atoms with Gasteiger partial charge in [0.1, 0.15) is 5.82 Å². The third-order valence-corrected chi connectivity index (χ3v) is 4.28. The summed E-state index contributed by atoms with van der Waals surface area (Å²) in [4.78, 5) is 29.1. The third kappa shape index (κ3) is 3.96. The lowest BCUT2D eigenvalue weighted by atomic mass is 9.99. The first-order valence-electron chi connectivity index (χ1n) is 8.19. The average molecular weight is 341 g/mol. The number of hydrogen-bond acceptors (Lipinski definition) is 2. The molecule has 1 amide bonds. The number of hydrogen-bond donors (Lipinski definition) is 3. The molecule has 130 valence electrons. The van der Waals surface area contributed by atoms with Crippen LogP contribution in [0.25, 0.3) is 11.0 Å². The summed E-state index contributed by atoms with van der Waals surface area (Å²) in [6.45, 7) is 3.71. The van der Waals surface area contributed by atoms with E-state index in [2.05, 4.69) is 15.3 Å². The van der Waals surface area contributed by atoms with Gasteiger partial charge in [-0.2, -0.15) is 0 Å². The molecule has 2 atom stereocenters. The molecule has 0 saturated carbocycles. The zero-order valence-electron chi connectivity index (χ0n) is 14.1. The highest BCUT2D eigenvalue weighted by Crippen LogP contribution is 2.18. The molecule has 2 aromatic carbocycles. The maximum absolute atomic E-state index is 13.3. The minimum atomic E-state index is -0.299. The summed E-state index contributed by atoms with van der Waals surface area (Å²) < 4.78 is 13.3. The van der Waals surface area contributed by atoms with Crippen LogP contribution < -0.4 is 11.0 Å². The van der Waals surface area contributed by atoms with Crippen molar-refractivity contribution in [1.82, 2.24) is 15.3 Å². The van der Waals surface area contributed by atoms with E-state index in [9.17, 15) is 14.0 Å². The summed E-state index contributed by atoms with van der Waals surface area (Å²) in [6.07, 6.45) is 0.473. The Morgan fingerprint density at radius 2 is 1.88 bits per heavy atom. The molecule has 3 N–H and O–H groups in total. The van der Waals surface area contributed by atoms with Gasteiger partial charge in [0.25, 0.3) is 0 Å². The van der Waals surface area contributed by atoms with Crippen LogP contribution in [-0.4, -0.2) is 15.9 Å². The quantitative estimate of drug-likeness (QED) is 0.667. The minimum absolute atomic E-state index is 0.0978. The van der Waals surface area contributed by atoms with Gasteiger partial charge in [0.05, 0.1) is 17.1 Å². The summed E-state index contributed by atoms with van der Waals surface area (Å²) in [7, 11) is 0. The second kappa shape index (κ2) is 6.93. The van der Waals surface area contributed by atoms with Gasteiger partial charge in [0, 0.05) is 5.92 Å². The van der Waals surface area contributed by atoms with Crippen LogP contribution in [0.2, 0.25) is 0 Å². The second-order valence-electron chi connectivity index (χ2n) is 6.35. The topological polar surface area (TPSA) is 77.8 Å². The normalized spacial score (nSPS) is 13.6. The predicted molar refractivity (Wildman–Crippen MR) is 94.7 cm³/mol. The standard InChI is InChI=1S/C19H20FN3O2/c1-11(8-13-4-3-5-15(20)9-13)18(24)21-12(2)14-6-7-16-17(10-14)23-19(25)22-16/h3-7,9-12H,8H2,1-2H3,(H,21,24)(H2,22,23,25)/t11-,12+/m1/s1. The van der Waals surface area contributed by atoms with E-state index in [-0.39, 0.29) is 29.4 Å². The van der Waals surface area contributed by atoms with Crippen LogP contribution in [-0.2, 0) is 11.2 Å². The zero-order chi connectivity index (χ0) is 18.0. The van der Waals surface area contributed by atoms with Crippen LogP contribution in [0.3, 0.4) is 0 Å². The molecule has 0 fully saturated rings. The van der Waals surface area contributed by atoms with Crippen molar-refractivity contribution in [2.24, 2.45) is 5.92 Å². The first-order chi connectivity index (χ1) is 11.9. The first-order valence-corrected chi connectivity index (χ1v) is 8.19. The summed E-state index contributed by atoms with van der Waals surface area (Å²) in [6, 6.07) is 11.6. The maximum Gasteiger partial charge on any atom is 0.323 e. The molecule has 0 spiro atoms. The Hall–Kier alpha value is -2.89. The molecule has 0 aliphatic carbocycles. The number of amides is 1. The molecule has 1 aromatic heterocycles. The number of fused-ring (bicyclic) bond motifs is 1. The van der Waals surface area contributed by atoms with E-state index in [4.69, 9.17) is 0 Å². The molecule has 25 heavy (non-hydrogen) atoms. The van der Waals surface area contributed by atoms with Crippen molar-refractivity contribution in [3.05, 3.63) is 69.9 Å². The van der Waals surface area contributed by atoms with Crippen molar-refractivity contribution in [1.29, 1.82) is 0 Å². The number of carbonyl (C=O) groups is 1. The van der Waals surface area contributed by atoms with E-state index in [0.29, 0.717) is 11.9 Å². The summed E-state index contributed by atoms with van der Waals surface area (Å²) in [5.41, 5.74) is 2.87.